The van der Waals surface area contributed by atoms with E-state index in [1.54, 1.807) is 24.3 Å². The Kier molecular flexibility index (Phi) is 5.54. The van der Waals surface area contributed by atoms with Crippen molar-refractivity contribution >= 4 is 68.7 Å². The van der Waals surface area contributed by atoms with Crippen LogP contribution >= 0.6 is 11.6 Å². The fraction of sp³-hybridized carbons (Fsp3) is 0.0667. The Balaban J connectivity index is 0.00000208. The van der Waals surface area contributed by atoms with E-state index in [1.165, 1.54) is 11.0 Å². The average Bonchev–Trinajstić information content (AvgIpc) is 2.71. The molecule has 2 aromatic carbocycles. The quantitative estimate of drug-likeness (QED) is 0.500. The molecule has 0 aromatic heterocycles. The molecule has 24 heavy (non-hydrogen) atoms. The Labute approximate surface area is 165 Å². The van der Waals surface area contributed by atoms with Gasteiger partial charge in [-0.1, -0.05) is 23.7 Å². The Hall–Kier alpha value is -1.22. The van der Waals surface area contributed by atoms with E-state index < -0.39 is 26.7 Å². The first-order valence-electron chi connectivity index (χ1n) is 6.49. The van der Waals surface area contributed by atoms with Crippen LogP contribution in [0.1, 0.15) is 15.9 Å². The Morgan fingerprint density at radius 2 is 1.79 bits per heavy atom. The van der Waals surface area contributed by atoms with Crippen LogP contribution in [0.3, 0.4) is 0 Å². The van der Waals surface area contributed by atoms with Crippen molar-refractivity contribution < 1.29 is 22.6 Å². The van der Waals surface area contributed by atoms with Crippen LogP contribution in [0.25, 0.3) is 0 Å². The standard InChI is InChI=1S/C15H10ClNO5S.Na.H/c16-10-3-1-2-9(6-10)8-17-13-5-4-11(23(20,21)22)7-12(13)14(18)15(17)19;;/h1-7H,8H2,(H,20,21,22);;. The summed E-state index contributed by atoms with van der Waals surface area (Å²) >= 11 is 5.90. The summed E-state index contributed by atoms with van der Waals surface area (Å²) in [5, 5.41) is 0.502. The van der Waals surface area contributed by atoms with Gasteiger partial charge in [-0.15, -0.1) is 0 Å². The molecule has 120 valence electrons. The van der Waals surface area contributed by atoms with Gasteiger partial charge in [-0.2, -0.15) is 8.42 Å². The van der Waals surface area contributed by atoms with E-state index in [0.29, 0.717) is 10.7 Å². The molecule has 3 rings (SSSR count). The van der Waals surface area contributed by atoms with Crippen molar-refractivity contribution in [3.63, 3.8) is 0 Å². The SMILES string of the molecule is O=C1C(=O)N(Cc2cccc(Cl)c2)c2ccc(S(=O)(=O)O)cc21.[NaH]. The van der Waals surface area contributed by atoms with Gasteiger partial charge in [0.25, 0.3) is 21.8 Å². The van der Waals surface area contributed by atoms with E-state index >= 15 is 0 Å². The molecule has 0 fully saturated rings. The summed E-state index contributed by atoms with van der Waals surface area (Å²) < 4.78 is 31.4. The Morgan fingerprint density at radius 3 is 2.42 bits per heavy atom. The van der Waals surface area contributed by atoms with E-state index in [2.05, 4.69) is 0 Å². The van der Waals surface area contributed by atoms with Crippen molar-refractivity contribution in [3.8, 4) is 0 Å². The maximum atomic E-state index is 12.1. The Morgan fingerprint density at radius 1 is 1.08 bits per heavy atom. The molecule has 1 aliphatic heterocycles. The number of hydrogen-bond donors (Lipinski definition) is 1. The van der Waals surface area contributed by atoms with Gasteiger partial charge in [-0.25, -0.2) is 0 Å². The van der Waals surface area contributed by atoms with Crippen molar-refractivity contribution in [1.29, 1.82) is 0 Å². The number of fused-ring (bicyclic) bond motifs is 1. The zero-order valence-electron chi connectivity index (χ0n) is 11.6. The molecule has 0 spiro atoms. The van der Waals surface area contributed by atoms with Gasteiger partial charge in [0.15, 0.2) is 0 Å². The van der Waals surface area contributed by atoms with Crippen LogP contribution in [0, 0.1) is 0 Å². The predicted molar refractivity (Wildman–Crippen MR) is 90.4 cm³/mol. The molecule has 0 saturated heterocycles. The summed E-state index contributed by atoms with van der Waals surface area (Å²) in [6.45, 7) is 0.128. The third kappa shape index (κ3) is 3.56. The van der Waals surface area contributed by atoms with Crippen LogP contribution in [0.15, 0.2) is 47.4 Å². The fourth-order valence-corrected chi connectivity index (χ4v) is 3.13. The van der Waals surface area contributed by atoms with Gasteiger partial charge in [0, 0.05) is 5.02 Å². The van der Waals surface area contributed by atoms with Gasteiger partial charge >= 0.3 is 29.6 Å². The van der Waals surface area contributed by atoms with E-state index in [9.17, 15) is 18.0 Å². The van der Waals surface area contributed by atoms with Gasteiger partial charge in [0.05, 0.1) is 22.7 Å². The van der Waals surface area contributed by atoms with Crippen molar-refractivity contribution in [3.05, 3.63) is 58.6 Å². The molecule has 0 aliphatic carbocycles. The number of halogens is 1. The molecule has 0 radical (unpaired) electrons. The second-order valence-electron chi connectivity index (χ2n) is 5.00. The van der Waals surface area contributed by atoms with Gasteiger partial charge in [-0.05, 0) is 35.9 Å². The number of benzene rings is 2. The first-order valence-corrected chi connectivity index (χ1v) is 8.31. The number of ketones is 1. The summed E-state index contributed by atoms with van der Waals surface area (Å²) in [6.07, 6.45) is 0. The van der Waals surface area contributed by atoms with Crippen molar-refractivity contribution in [2.24, 2.45) is 0 Å². The molecule has 0 atom stereocenters. The molecule has 2 aromatic rings. The first kappa shape index (κ1) is 19.1. The van der Waals surface area contributed by atoms with E-state index in [4.69, 9.17) is 16.2 Å². The van der Waals surface area contributed by atoms with Gasteiger partial charge in [0.1, 0.15) is 0 Å². The summed E-state index contributed by atoms with van der Waals surface area (Å²) in [6, 6.07) is 10.3. The number of carbonyl (C=O) groups excluding carboxylic acids is 2. The minimum absolute atomic E-state index is 0. The molecule has 1 heterocycles. The molecule has 6 nitrogen and oxygen atoms in total. The number of carbonyl (C=O) groups is 2. The average molecular weight is 376 g/mol. The predicted octanol–water partition coefficient (Wildman–Crippen LogP) is 1.67. The van der Waals surface area contributed by atoms with Crippen LogP contribution in [-0.4, -0.2) is 54.2 Å². The first-order chi connectivity index (χ1) is 10.8. The molecule has 1 aliphatic rings. The van der Waals surface area contributed by atoms with Crippen LogP contribution in [0.5, 0.6) is 0 Å². The number of Topliss-reactive ketones (excluding diaryl/α,β-unsaturated/α-hetero) is 1. The zero-order chi connectivity index (χ0) is 16.8. The van der Waals surface area contributed by atoms with Crippen molar-refractivity contribution in [2.75, 3.05) is 4.90 Å². The maximum absolute atomic E-state index is 12.1. The second-order valence-corrected chi connectivity index (χ2v) is 6.86. The zero-order valence-corrected chi connectivity index (χ0v) is 13.1. The molecule has 0 unspecified atom stereocenters. The van der Waals surface area contributed by atoms with Crippen LogP contribution in [0.4, 0.5) is 5.69 Å². The number of amides is 1. The molecule has 0 bridgehead atoms. The summed E-state index contributed by atoms with van der Waals surface area (Å²) in [7, 11) is -4.45. The monoisotopic (exact) mass is 375 g/mol. The van der Waals surface area contributed by atoms with Gasteiger partial charge < -0.3 is 4.90 Å². The van der Waals surface area contributed by atoms with Gasteiger partial charge in [-0.3, -0.25) is 14.1 Å². The normalized spacial score (nSPS) is 13.7. The Bertz CT molecular complexity index is 945. The van der Waals surface area contributed by atoms with Gasteiger partial charge in [0.2, 0.25) is 0 Å². The molecule has 1 amide bonds. The number of hydrogen-bond acceptors (Lipinski definition) is 4. The van der Waals surface area contributed by atoms with E-state index in [1.807, 2.05) is 0 Å². The number of nitrogens with zero attached hydrogens (tertiary/aromatic N) is 1. The van der Waals surface area contributed by atoms with E-state index in [0.717, 1.165) is 17.7 Å². The van der Waals surface area contributed by atoms with E-state index in [-0.39, 0.29) is 41.7 Å². The topological polar surface area (TPSA) is 91.8 Å². The molecule has 9 heteroatoms. The summed E-state index contributed by atoms with van der Waals surface area (Å²) in [5.74, 6) is -1.57. The third-order valence-electron chi connectivity index (χ3n) is 3.47. The molecule has 1 N–H and O–H groups in total. The van der Waals surface area contributed by atoms with Crippen molar-refractivity contribution in [1.82, 2.24) is 0 Å². The summed E-state index contributed by atoms with van der Waals surface area (Å²) in [5.41, 5.74) is 0.977. The molecule has 0 saturated carbocycles. The number of rotatable bonds is 3. The van der Waals surface area contributed by atoms with Crippen LogP contribution in [0.2, 0.25) is 5.02 Å². The molecular formula is C15H11ClNNaO5S. The molecular weight excluding hydrogens is 365 g/mol. The van der Waals surface area contributed by atoms with Crippen LogP contribution < -0.4 is 4.90 Å². The van der Waals surface area contributed by atoms with Crippen LogP contribution in [-0.2, 0) is 21.5 Å². The van der Waals surface area contributed by atoms with Crippen molar-refractivity contribution in [2.45, 2.75) is 11.4 Å². The minimum atomic E-state index is -4.45. The third-order valence-corrected chi connectivity index (χ3v) is 4.56. The summed E-state index contributed by atoms with van der Waals surface area (Å²) in [4.78, 5) is 25.0. The second kappa shape index (κ2) is 6.95. The number of anilines is 1. The fourth-order valence-electron chi connectivity index (χ4n) is 2.41.